The molecule has 0 amide bonds. The van der Waals surface area contributed by atoms with Crippen LogP contribution in [0.2, 0.25) is 0 Å². The highest BCUT2D eigenvalue weighted by Crippen LogP contribution is 2.29. The van der Waals surface area contributed by atoms with Gasteiger partial charge in [-0.15, -0.1) is 0 Å². The van der Waals surface area contributed by atoms with Gasteiger partial charge in [0.25, 0.3) is 0 Å². The molecule has 0 aliphatic carbocycles. The molecular weight excluding hydrogens is 242 g/mol. The minimum Gasteiger partial charge on any atom is -0.396 e. The van der Waals surface area contributed by atoms with Crippen LogP contribution in [0.5, 0.6) is 0 Å². The Balaban J connectivity index is 2.75. The number of thioether (sulfide) groups is 1. The van der Waals surface area contributed by atoms with Gasteiger partial charge in [-0.3, -0.25) is 0 Å². The van der Waals surface area contributed by atoms with Crippen LogP contribution in [0, 0.1) is 0 Å². The van der Waals surface area contributed by atoms with E-state index in [-0.39, 0.29) is 6.61 Å². The van der Waals surface area contributed by atoms with Gasteiger partial charge in [0.2, 0.25) is 0 Å². The van der Waals surface area contributed by atoms with Crippen LogP contribution in [0.15, 0.2) is 30.3 Å². The maximum absolute atomic E-state index is 9.00. The lowest BCUT2D eigenvalue weighted by atomic mass is 10.0. The van der Waals surface area contributed by atoms with Crippen LogP contribution in [0.3, 0.4) is 0 Å². The molecule has 0 aliphatic heterocycles. The summed E-state index contributed by atoms with van der Waals surface area (Å²) in [5.41, 5.74) is 1.35. The van der Waals surface area contributed by atoms with Crippen molar-refractivity contribution in [1.29, 1.82) is 0 Å². The van der Waals surface area contributed by atoms with E-state index in [9.17, 15) is 0 Å². The maximum atomic E-state index is 9.00. The van der Waals surface area contributed by atoms with Crippen molar-refractivity contribution in [3.63, 3.8) is 0 Å². The fourth-order valence-electron chi connectivity index (χ4n) is 2.08. The Bertz CT molecular complexity index is 305. The molecule has 0 radical (unpaired) electrons. The van der Waals surface area contributed by atoms with Crippen LogP contribution in [0.25, 0.3) is 0 Å². The normalized spacial score (nSPS) is 14.4. The largest absolute Gasteiger partial charge is 0.396 e. The van der Waals surface area contributed by atoms with Crippen LogP contribution in [-0.2, 0) is 0 Å². The van der Waals surface area contributed by atoms with Crippen molar-refractivity contribution >= 4 is 11.8 Å². The van der Waals surface area contributed by atoms with E-state index >= 15 is 0 Å². The zero-order valence-corrected chi connectivity index (χ0v) is 12.2. The molecule has 2 unspecified atom stereocenters. The number of benzene rings is 1. The summed E-state index contributed by atoms with van der Waals surface area (Å²) in [6.45, 7) is 5.71. The lowest BCUT2D eigenvalue weighted by molar-refractivity contribution is 0.322. The third-order valence-electron chi connectivity index (χ3n) is 2.97. The van der Waals surface area contributed by atoms with Crippen molar-refractivity contribution in [2.45, 2.75) is 38.0 Å². The van der Waals surface area contributed by atoms with E-state index in [2.05, 4.69) is 49.5 Å². The van der Waals surface area contributed by atoms with Crippen molar-refractivity contribution in [3.8, 4) is 0 Å². The molecular formula is C15H25NOS. The highest BCUT2D eigenvalue weighted by atomic mass is 32.2. The molecule has 2 nitrogen and oxygen atoms in total. The summed E-state index contributed by atoms with van der Waals surface area (Å²) in [7, 11) is 0. The zero-order chi connectivity index (χ0) is 13.2. The molecule has 102 valence electrons. The van der Waals surface area contributed by atoms with Gasteiger partial charge in [-0.1, -0.05) is 44.2 Å². The monoisotopic (exact) mass is 267 g/mol. The number of nitrogens with one attached hydrogen (secondary N) is 1. The first kappa shape index (κ1) is 15.5. The van der Waals surface area contributed by atoms with E-state index in [0.29, 0.717) is 11.3 Å². The van der Waals surface area contributed by atoms with Gasteiger partial charge in [-0.2, -0.15) is 11.8 Å². The Labute approximate surface area is 115 Å². The Kier molecular flexibility index (Phi) is 8.14. The second-order valence-corrected chi connectivity index (χ2v) is 5.73. The molecule has 2 atom stereocenters. The second kappa shape index (κ2) is 9.42. The van der Waals surface area contributed by atoms with Crippen LogP contribution in [0.4, 0.5) is 0 Å². The van der Waals surface area contributed by atoms with Crippen LogP contribution in [0.1, 0.15) is 38.3 Å². The van der Waals surface area contributed by atoms with E-state index in [1.807, 2.05) is 11.8 Å². The molecule has 1 rings (SSSR count). The number of hydrogen-bond donors (Lipinski definition) is 2. The summed E-state index contributed by atoms with van der Waals surface area (Å²) in [6.07, 6.45) is 2.26. The van der Waals surface area contributed by atoms with Gasteiger partial charge in [0.05, 0.1) is 6.61 Å². The second-order valence-electron chi connectivity index (χ2n) is 4.38. The van der Waals surface area contributed by atoms with Crippen molar-refractivity contribution in [2.24, 2.45) is 0 Å². The molecule has 2 N–H and O–H groups in total. The van der Waals surface area contributed by atoms with Gasteiger partial charge >= 0.3 is 0 Å². The Morgan fingerprint density at radius 2 is 1.94 bits per heavy atom. The minimum atomic E-state index is 0.260. The Hall–Kier alpha value is -0.510. The van der Waals surface area contributed by atoms with Gasteiger partial charge in [-0.25, -0.2) is 0 Å². The van der Waals surface area contributed by atoms with E-state index in [1.54, 1.807) is 0 Å². The summed E-state index contributed by atoms with van der Waals surface area (Å²) in [6, 6.07) is 11.0. The molecule has 1 aromatic rings. The lowest BCUT2D eigenvalue weighted by Gasteiger charge is -2.27. The first-order chi connectivity index (χ1) is 8.83. The molecule has 0 aliphatic rings. The molecule has 0 fully saturated rings. The molecule has 0 spiro atoms. The smallest absolute Gasteiger partial charge is 0.0521 e. The first-order valence-corrected chi connectivity index (χ1v) is 7.89. The number of aliphatic hydroxyl groups excluding tert-OH is 1. The molecule has 0 saturated heterocycles. The van der Waals surface area contributed by atoms with Crippen molar-refractivity contribution < 1.29 is 5.11 Å². The summed E-state index contributed by atoms with van der Waals surface area (Å²) in [5, 5.41) is 13.2. The fourth-order valence-corrected chi connectivity index (χ4v) is 3.17. The summed E-state index contributed by atoms with van der Waals surface area (Å²) in [5.74, 6) is 0.815. The van der Waals surface area contributed by atoms with Crippen molar-refractivity contribution in [2.75, 3.05) is 18.9 Å². The van der Waals surface area contributed by atoms with Gasteiger partial charge in [0.15, 0.2) is 0 Å². The Morgan fingerprint density at radius 1 is 1.22 bits per heavy atom. The highest BCUT2D eigenvalue weighted by molar-refractivity contribution is 7.99. The SMILES string of the molecule is CCCNC(c1ccccc1)C(CC)SCCO. The van der Waals surface area contributed by atoms with E-state index in [4.69, 9.17) is 5.11 Å². The van der Waals surface area contributed by atoms with Gasteiger partial charge in [-0.05, 0) is 24.9 Å². The molecule has 1 aromatic carbocycles. The highest BCUT2D eigenvalue weighted by Gasteiger charge is 2.21. The third kappa shape index (κ3) is 5.01. The van der Waals surface area contributed by atoms with Crippen molar-refractivity contribution in [3.05, 3.63) is 35.9 Å². The zero-order valence-electron chi connectivity index (χ0n) is 11.4. The average Bonchev–Trinajstić information content (AvgIpc) is 2.43. The summed E-state index contributed by atoms with van der Waals surface area (Å²) in [4.78, 5) is 0. The predicted molar refractivity (Wildman–Crippen MR) is 81.1 cm³/mol. The van der Waals surface area contributed by atoms with E-state index in [1.165, 1.54) is 5.56 Å². The van der Waals surface area contributed by atoms with E-state index < -0.39 is 0 Å². The molecule has 0 bridgehead atoms. The number of hydrogen-bond acceptors (Lipinski definition) is 3. The van der Waals surface area contributed by atoms with Crippen LogP contribution in [-0.4, -0.2) is 29.3 Å². The molecule has 0 saturated carbocycles. The van der Waals surface area contributed by atoms with Crippen LogP contribution >= 0.6 is 11.8 Å². The topological polar surface area (TPSA) is 32.3 Å². The molecule has 0 heterocycles. The number of aliphatic hydroxyl groups is 1. The summed E-state index contributed by atoms with van der Waals surface area (Å²) >= 11 is 1.86. The van der Waals surface area contributed by atoms with E-state index in [0.717, 1.165) is 25.1 Å². The van der Waals surface area contributed by atoms with Crippen LogP contribution < -0.4 is 5.32 Å². The molecule has 3 heteroatoms. The maximum Gasteiger partial charge on any atom is 0.0521 e. The molecule has 18 heavy (non-hydrogen) atoms. The quantitative estimate of drug-likeness (QED) is 0.720. The van der Waals surface area contributed by atoms with Gasteiger partial charge < -0.3 is 10.4 Å². The third-order valence-corrected chi connectivity index (χ3v) is 4.42. The van der Waals surface area contributed by atoms with Gasteiger partial charge in [0.1, 0.15) is 0 Å². The standard InChI is InChI=1S/C15H25NOS/c1-3-10-16-15(13-8-6-5-7-9-13)14(4-2)18-12-11-17/h5-9,14-17H,3-4,10-12H2,1-2H3. The Morgan fingerprint density at radius 3 is 2.50 bits per heavy atom. The summed E-state index contributed by atoms with van der Waals surface area (Å²) < 4.78 is 0. The van der Waals surface area contributed by atoms with Gasteiger partial charge in [0, 0.05) is 17.0 Å². The minimum absolute atomic E-state index is 0.260. The van der Waals surface area contributed by atoms with Crippen molar-refractivity contribution in [1.82, 2.24) is 5.32 Å². The lowest BCUT2D eigenvalue weighted by Crippen LogP contribution is -2.31. The average molecular weight is 267 g/mol. The first-order valence-electron chi connectivity index (χ1n) is 6.84. The predicted octanol–water partition coefficient (Wildman–Crippen LogP) is 3.23. The number of rotatable bonds is 9. The molecule has 0 aromatic heterocycles. The fraction of sp³-hybridized carbons (Fsp3) is 0.600.